The highest BCUT2D eigenvalue weighted by atomic mass is 35.5. The SMILES string of the molecule is C=C1CC2COC(=O)C2(Cc2ccc(NC(=O)Cc3cccc(Cl)c3Cl)cc2)C1. The quantitative estimate of drug-likeness (QED) is 0.522. The largest absolute Gasteiger partial charge is 0.465 e. The number of rotatable bonds is 5. The minimum atomic E-state index is -0.481. The van der Waals surface area contributed by atoms with Crippen LogP contribution in [0.15, 0.2) is 54.6 Å². The number of nitrogens with one attached hydrogen (secondary N) is 1. The molecule has 4 rings (SSSR count). The second-order valence-corrected chi connectivity index (χ2v) is 8.68. The molecule has 6 heteroatoms. The first-order valence-electron chi connectivity index (χ1n) is 9.53. The lowest BCUT2D eigenvalue weighted by Crippen LogP contribution is -2.31. The van der Waals surface area contributed by atoms with Crippen LogP contribution < -0.4 is 5.32 Å². The number of benzene rings is 2. The van der Waals surface area contributed by atoms with Gasteiger partial charge in [-0.05, 0) is 48.6 Å². The van der Waals surface area contributed by atoms with Crippen LogP contribution in [0.25, 0.3) is 0 Å². The lowest BCUT2D eigenvalue weighted by atomic mass is 9.75. The van der Waals surface area contributed by atoms with E-state index in [2.05, 4.69) is 11.9 Å². The zero-order valence-corrected chi connectivity index (χ0v) is 17.4. The second-order valence-electron chi connectivity index (χ2n) is 7.89. The van der Waals surface area contributed by atoms with E-state index in [4.69, 9.17) is 27.9 Å². The molecule has 2 atom stereocenters. The van der Waals surface area contributed by atoms with Crippen molar-refractivity contribution in [3.05, 3.63) is 75.8 Å². The van der Waals surface area contributed by atoms with Crippen LogP contribution >= 0.6 is 23.2 Å². The van der Waals surface area contributed by atoms with E-state index in [1.807, 2.05) is 24.3 Å². The van der Waals surface area contributed by atoms with E-state index in [-0.39, 0.29) is 24.2 Å². The van der Waals surface area contributed by atoms with Gasteiger partial charge in [0.2, 0.25) is 5.91 Å². The zero-order chi connectivity index (χ0) is 20.6. The summed E-state index contributed by atoms with van der Waals surface area (Å²) in [5, 5.41) is 3.70. The molecule has 2 unspecified atom stereocenters. The van der Waals surface area contributed by atoms with Crippen molar-refractivity contribution in [2.75, 3.05) is 11.9 Å². The average molecular weight is 430 g/mol. The maximum Gasteiger partial charge on any atom is 0.313 e. The molecule has 1 amide bonds. The number of ether oxygens (including phenoxy) is 1. The number of hydrogen-bond donors (Lipinski definition) is 1. The molecule has 150 valence electrons. The molecule has 1 heterocycles. The summed E-state index contributed by atoms with van der Waals surface area (Å²) in [4.78, 5) is 24.8. The molecule has 1 aliphatic carbocycles. The monoisotopic (exact) mass is 429 g/mol. The van der Waals surface area contributed by atoms with Gasteiger partial charge in [-0.25, -0.2) is 0 Å². The molecule has 29 heavy (non-hydrogen) atoms. The van der Waals surface area contributed by atoms with Crippen molar-refractivity contribution in [3.8, 4) is 0 Å². The molecule has 0 bridgehead atoms. The van der Waals surface area contributed by atoms with E-state index in [9.17, 15) is 9.59 Å². The maximum absolute atomic E-state index is 12.4. The minimum Gasteiger partial charge on any atom is -0.465 e. The van der Waals surface area contributed by atoms with Gasteiger partial charge in [0.1, 0.15) is 0 Å². The lowest BCUT2D eigenvalue weighted by molar-refractivity contribution is -0.146. The van der Waals surface area contributed by atoms with Gasteiger partial charge in [-0.15, -0.1) is 0 Å². The third-order valence-electron chi connectivity index (χ3n) is 5.84. The normalized spacial score (nSPS) is 23.0. The number of hydrogen-bond acceptors (Lipinski definition) is 3. The molecule has 2 fully saturated rings. The fraction of sp³-hybridized carbons (Fsp3) is 0.304. The number of anilines is 1. The van der Waals surface area contributed by atoms with Crippen LogP contribution in [-0.4, -0.2) is 18.5 Å². The highest BCUT2D eigenvalue weighted by Gasteiger charge is 2.55. The Morgan fingerprint density at radius 2 is 1.97 bits per heavy atom. The Morgan fingerprint density at radius 3 is 2.72 bits per heavy atom. The lowest BCUT2D eigenvalue weighted by Gasteiger charge is -2.24. The van der Waals surface area contributed by atoms with Crippen LogP contribution in [0.5, 0.6) is 0 Å². The Labute approximate surface area is 179 Å². The Balaban J connectivity index is 1.42. The summed E-state index contributed by atoms with van der Waals surface area (Å²) in [5.74, 6) is -0.0757. The van der Waals surface area contributed by atoms with E-state index in [1.54, 1.807) is 18.2 Å². The van der Waals surface area contributed by atoms with E-state index >= 15 is 0 Å². The van der Waals surface area contributed by atoms with Crippen molar-refractivity contribution < 1.29 is 14.3 Å². The maximum atomic E-state index is 12.4. The standard InChI is InChI=1S/C23H21Cl2NO3/c1-14-9-17-13-29-22(28)23(17,11-14)12-15-5-7-18(8-6-15)26-20(27)10-16-3-2-4-19(24)21(16)25/h2-8,17H,1,9-13H2,(H,26,27). The van der Waals surface area contributed by atoms with Gasteiger partial charge in [0.15, 0.2) is 0 Å². The number of carbonyl (C=O) groups excluding carboxylic acids is 2. The van der Waals surface area contributed by atoms with Gasteiger partial charge in [-0.2, -0.15) is 0 Å². The minimum absolute atomic E-state index is 0.114. The molecule has 0 aromatic heterocycles. The van der Waals surface area contributed by atoms with Crippen LogP contribution in [0.3, 0.4) is 0 Å². The average Bonchev–Trinajstić information content (AvgIpc) is 3.15. The molecule has 1 saturated heterocycles. The topological polar surface area (TPSA) is 55.4 Å². The molecule has 2 aromatic rings. The van der Waals surface area contributed by atoms with Gasteiger partial charge in [-0.3, -0.25) is 9.59 Å². The highest BCUT2D eigenvalue weighted by molar-refractivity contribution is 6.42. The smallest absolute Gasteiger partial charge is 0.313 e. The van der Waals surface area contributed by atoms with Crippen LogP contribution in [-0.2, 0) is 27.2 Å². The number of cyclic esters (lactones) is 1. The van der Waals surface area contributed by atoms with E-state index < -0.39 is 5.41 Å². The Hall–Kier alpha value is -2.30. The predicted molar refractivity (Wildman–Crippen MR) is 114 cm³/mol. The highest BCUT2D eigenvalue weighted by Crippen LogP contribution is 2.52. The second kappa shape index (κ2) is 7.85. The van der Waals surface area contributed by atoms with Crippen molar-refractivity contribution in [1.29, 1.82) is 0 Å². The summed E-state index contributed by atoms with van der Waals surface area (Å²) < 4.78 is 5.34. The van der Waals surface area contributed by atoms with E-state index in [0.717, 1.165) is 17.6 Å². The summed E-state index contributed by atoms with van der Waals surface area (Å²) >= 11 is 12.2. The van der Waals surface area contributed by atoms with Gasteiger partial charge in [-0.1, -0.05) is 59.6 Å². The van der Waals surface area contributed by atoms with Gasteiger partial charge in [0, 0.05) is 11.6 Å². The van der Waals surface area contributed by atoms with Crippen molar-refractivity contribution in [3.63, 3.8) is 0 Å². The number of halogens is 2. The summed E-state index contributed by atoms with van der Waals surface area (Å²) in [5.41, 5.74) is 3.05. The van der Waals surface area contributed by atoms with Crippen LogP contribution in [0.2, 0.25) is 10.0 Å². The van der Waals surface area contributed by atoms with E-state index in [0.29, 0.717) is 40.7 Å². The fourth-order valence-electron chi connectivity index (χ4n) is 4.40. The molecule has 1 saturated carbocycles. The van der Waals surface area contributed by atoms with Gasteiger partial charge >= 0.3 is 5.97 Å². The molecule has 4 nitrogen and oxygen atoms in total. The number of amides is 1. The van der Waals surface area contributed by atoms with Gasteiger partial charge in [0.05, 0.1) is 28.5 Å². The first-order valence-corrected chi connectivity index (χ1v) is 10.3. The molecule has 2 aliphatic rings. The first-order chi connectivity index (χ1) is 13.9. The van der Waals surface area contributed by atoms with Crippen LogP contribution in [0.1, 0.15) is 24.0 Å². The van der Waals surface area contributed by atoms with E-state index in [1.165, 1.54) is 0 Å². The van der Waals surface area contributed by atoms with Crippen molar-refractivity contribution in [2.45, 2.75) is 25.7 Å². The number of allylic oxidation sites excluding steroid dienone is 1. The number of esters is 1. The molecule has 2 aromatic carbocycles. The zero-order valence-electron chi connectivity index (χ0n) is 15.8. The Kier molecular flexibility index (Phi) is 5.41. The third-order valence-corrected chi connectivity index (χ3v) is 6.70. The summed E-state index contributed by atoms with van der Waals surface area (Å²) in [6.07, 6.45) is 2.31. The molecular formula is C23H21Cl2NO3. The molecule has 1 aliphatic heterocycles. The van der Waals surface area contributed by atoms with Gasteiger partial charge in [0.25, 0.3) is 0 Å². The van der Waals surface area contributed by atoms with Crippen LogP contribution in [0, 0.1) is 11.3 Å². The summed E-state index contributed by atoms with van der Waals surface area (Å²) in [6.45, 7) is 4.56. The first kappa shape index (κ1) is 20.0. The number of fused-ring (bicyclic) bond motifs is 1. The van der Waals surface area contributed by atoms with Crippen molar-refractivity contribution >= 4 is 40.8 Å². The molecule has 1 N–H and O–H groups in total. The summed E-state index contributed by atoms with van der Waals surface area (Å²) in [7, 11) is 0. The Bertz CT molecular complexity index is 986. The molecular weight excluding hydrogens is 409 g/mol. The van der Waals surface area contributed by atoms with Crippen molar-refractivity contribution in [1.82, 2.24) is 0 Å². The summed E-state index contributed by atoms with van der Waals surface area (Å²) in [6, 6.07) is 12.8. The number of carbonyl (C=O) groups is 2. The molecule has 0 spiro atoms. The van der Waals surface area contributed by atoms with Crippen LogP contribution in [0.4, 0.5) is 5.69 Å². The fourth-order valence-corrected chi connectivity index (χ4v) is 4.78. The van der Waals surface area contributed by atoms with Crippen molar-refractivity contribution in [2.24, 2.45) is 11.3 Å². The Morgan fingerprint density at radius 1 is 1.21 bits per heavy atom. The third kappa shape index (κ3) is 3.92. The molecule has 0 radical (unpaired) electrons. The predicted octanol–water partition coefficient (Wildman–Crippen LogP) is 5.23. The van der Waals surface area contributed by atoms with Gasteiger partial charge < -0.3 is 10.1 Å².